The summed E-state index contributed by atoms with van der Waals surface area (Å²) < 4.78 is 132. The SMILES string of the molecule is Cc1cc2c(cc1C(F)(F)F)N(CC1CCC(CC(=O)OCc3ccccc3)CC1)CCCC2N(Cc1cc(C(F)(F)F)cc(C(F)(F)F)c1)c1nnn(C)n1. The van der Waals surface area contributed by atoms with E-state index in [9.17, 15) is 44.3 Å². The van der Waals surface area contributed by atoms with Crippen LogP contribution in [0.4, 0.5) is 51.1 Å². The molecule has 0 spiro atoms. The van der Waals surface area contributed by atoms with Gasteiger partial charge in [-0.2, -0.15) is 44.3 Å². The van der Waals surface area contributed by atoms with Crippen molar-refractivity contribution in [2.24, 2.45) is 18.9 Å². The number of alkyl halides is 9. The molecule has 0 N–H and O–H groups in total. The minimum Gasteiger partial charge on any atom is -0.461 e. The predicted molar refractivity (Wildman–Crippen MR) is 188 cm³/mol. The van der Waals surface area contributed by atoms with E-state index in [0.29, 0.717) is 37.2 Å². The number of rotatable bonds is 10. The van der Waals surface area contributed by atoms with Crippen molar-refractivity contribution in [3.05, 3.63) is 99.6 Å². The Morgan fingerprint density at radius 3 is 2.05 bits per heavy atom. The lowest BCUT2D eigenvalue weighted by Gasteiger charge is -2.36. The van der Waals surface area contributed by atoms with E-state index in [2.05, 4.69) is 15.4 Å². The third kappa shape index (κ3) is 9.93. The van der Waals surface area contributed by atoms with E-state index in [0.717, 1.165) is 42.1 Å². The van der Waals surface area contributed by atoms with Crippen molar-refractivity contribution in [1.82, 2.24) is 20.2 Å². The second-order valence-electron chi connectivity index (χ2n) is 14.7. The van der Waals surface area contributed by atoms with Crippen LogP contribution in [0.1, 0.15) is 89.9 Å². The number of aryl methyl sites for hydroxylation is 2. The molecule has 0 amide bonds. The van der Waals surface area contributed by atoms with Crippen LogP contribution in [0.25, 0.3) is 0 Å². The van der Waals surface area contributed by atoms with Crippen LogP contribution >= 0.6 is 0 Å². The van der Waals surface area contributed by atoms with Gasteiger partial charge in [0.25, 0.3) is 5.95 Å². The molecule has 17 heteroatoms. The number of halogens is 9. The Labute approximate surface area is 317 Å². The normalized spacial score (nSPS) is 19.3. The largest absolute Gasteiger partial charge is 0.461 e. The number of aromatic nitrogens is 4. The van der Waals surface area contributed by atoms with Crippen molar-refractivity contribution in [1.29, 1.82) is 0 Å². The standard InChI is InChI=1S/C39H41F9N6O2/c1-24-15-31-33(54(36-49-51-52(2)50-36)22-28-16-29(37(40,41)42)19-30(17-28)38(43,44)45)9-6-14-53(34(31)20-32(24)39(46,47)48)21-26-12-10-25(11-13-26)18-35(55)56-23-27-7-4-3-5-8-27/h3-5,7-8,15-17,19-20,25-26,33H,6,9-14,18,21-23H2,1-2H3. The Hall–Kier alpha value is -4.83. The summed E-state index contributed by atoms with van der Waals surface area (Å²) in [5.74, 6) is -0.199. The quantitative estimate of drug-likeness (QED) is 0.117. The summed E-state index contributed by atoms with van der Waals surface area (Å²) in [4.78, 5) is 17.0. The molecule has 1 atom stereocenters. The maximum absolute atomic E-state index is 14.4. The molecule has 1 saturated carbocycles. The zero-order chi connectivity index (χ0) is 40.4. The van der Waals surface area contributed by atoms with Crippen LogP contribution in [0.3, 0.4) is 0 Å². The second kappa shape index (κ2) is 16.3. The Morgan fingerprint density at radius 2 is 1.46 bits per heavy atom. The highest BCUT2D eigenvalue weighted by Crippen LogP contribution is 2.45. The highest BCUT2D eigenvalue weighted by Gasteiger charge is 2.40. The number of hydrogen-bond acceptors (Lipinski definition) is 7. The molecule has 2 aliphatic rings. The van der Waals surface area contributed by atoms with Gasteiger partial charge in [-0.3, -0.25) is 4.79 Å². The van der Waals surface area contributed by atoms with Crippen LogP contribution in [0.5, 0.6) is 0 Å². The number of carbonyl (C=O) groups is 1. The highest BCUT2D eigenvalue weighted by molar-refractivity contribution is 5.69. The van der Waals surface area contributed by atoms with Crippen LogP contribution in [-0.2, 0) is 48.3 Å². The van der Waals surface area contributed by atoms with Gasteiger partial charge in [0, 0.05) is 31.7 Å². The lowest BCUT2D eigenvalue weighted by Crippen LogP contribution is -2.33. The average Bonchev–Trinajstić information content (AvgIpc) is 3.49. The first-order valence-corrected chi connectivity index (χ1v) is 18.3. The molecule has 0 bridgehead atoms. The molecule has 3 aromatic carbocycles. The molecule has 1 unspecified atom stereocenters. The Balaban J connectivity index is 1.28. The monoisotopic (exact) mass is 796 g/mol. The van der Waals surface area contributed by atoms with E-state index in [1.54, 1.807) is 0 Å². The number of ether oxygens (including phenoxy) is 1. The number of tetrazole rings is 1. The molecular weight excluding hydrogens is 755 g/mol. The van der Waals surface area contributed by atoms with Gasteiger partial charge >= 0.3 is 24.5 Å². The molecule has 1 aromatic heterocycles. The highest BCUT2D eigenvalue weighted by atomic mass is 19.4. The zero-order valence-corrected chi connectivity index (χ0v) is 30.7. The first kappa shape index (κ1) is 40.8. The molecule has 0 radical (unpaired) electrons. The molecule has 0 saturated heterocycles. The summed E-state index contributed by atoms with van der Waals surface area (Å²) in [6.07, 6.45) is -11.0. The van der Waals surface area contributed by atoms with Crippen molar-refractivity contribution in [2.45, 2.75) is 89.6 Å². The van der Waals surface area contributed by atoms with Crippen molar-refractivity contribution in [3.63, 3.8) is 0 Å². The molecule has 4 aromatic rings. The van der Waals surface area contributed by atoms with Gasteiger partial charge in [0.05, 0.1) is 29.8 Å². The minimum atomic E-state index is -5.09. The van der Waals surface area contributed by atoms with E-state index < -0.39 is 47.8 Å². The lowest BCUT2D eigenvalue weighted by atomic mass is 9.80. The summed E-state index contributed by atoms with van der Waals surface area (Å²) in [5, 5.41) is 12.1. The first-order chi connectivity index (χ1) is 26.3. The minimum absolute atomic E-state index is 0.0421. The van der Waals surface area contributed by atoms with Crippen LogP contribution in [0.15, 0.2) is 60.7 Å². The molecule has 6 rings (SSSR count). The van der Waals surface area contributed by atoms with Gasteiger partial charge in [0.15, 0.2) is 0 Å². The number of esters is 1. The van der Waals surface area contributed by atoms with E-state index >= 15 is 0 Å². The topological polar surface area (TPSA) is 76.4 Å². The number of nitrogens with zero attached hydrogens (tertiary/aromatic N) is 6. The van der Waals surface area contributed by atoms with E-state index in [-0.39, 0.29) is 66.1 Å². The third-order valence-electron chi connectivity index (χ3n) is 10.6. The Morgan fingerprint density at radius 1 is 0.821 bits per heavy atom. The summed E-state index contributed by atoms with van der Waals surface area (Å²) in [7, 11) is 1.44. The lowest BCUT2D eigenvalue weighted by molar-refractivity contribution is -0.146. The number of carbonyl (C=O) groups excluding carboxylic acids is 1. The van der Waals surface area contributed by atoms with Crippen molar-refractivity contribution < 1.29 is 49.0 Å². The maximum atomic E-state index is 14.4. The van der Waals surface area contributed by atoms with Crippen LogP contribution in [0.2, 0.25) is 0 Å². The Kier molecular flexibility index (Phi) is 11.9. The van der Waals surface area contributed by atoms with E-state index in [1.807, 2.05) is 35.2 Å². The molecular formula is C39H41F9N6O2. The van der Waals surface area contributed by atoms with E-state index in [1.165, 1.54) is 24.9 Å². The molecule has 1 fully saturated rings. The van der Waals surface area contributed by atoms with Gasteiger partial charge < -0.3 is 14.5 Å². The molecule has 1 aliphatic heterocycles. The van der Waals surface area contributed by atoms with Gasteiger partial charge in [-0.1, -0.05) is 41.5 Å². The fourth-order valence-electron chi connectivity index (χ4n) is 7.81. The summed E-state index contributed by atoms with van der Waals surface area (Å²) in [6, 6.07) is 12.3. The molecule has 2 heterocycles. The fourth-order valence-corrected chi connectivity index (χ4v) is 7.81. The number of fused-ring (bicyclic) bond motifs is 1. The van der Waals surface area contributed by atoms with Crippen molar-refractivity contribution in [3.8, 4) is 0 Å². The zero-order valence-electron chi connectivity index (χ0n) is 30.7. The number of anilines is 2. The van der Waals surface area contributed by atoms with Gasteiger partial charge in [-0.05, 0) is 109 Å². The Bertz CT molecular complexity index is 1940. The molecule has 8 nitrogen and oxygen atoms in total. The van der Waals surface area contributed by atoms with Crippen LogP contribution in [-0.4, -0.2) is 39.3 Å². The van der Waals surface area contributed by atoms with Crippen LogP contribution < -0.4 is 9.80 Å². The van der Waals surface area contributed by atoms with Gasteiger partial charge in [0.2, 0.25) is 0 Å². The van der Waals surface area contributed by atoms with Gasteiger partial charge in [0.1, 0.15) is 6.61 Å². The van der Waals surface area contributed by atoms with Gasteiger partial charge in [-0.25, -0.2) is 0 Å². The summed E-state index contributed by atoms with van der Waals surface area (Å²) >= 11 is 0. The molecule has 56 heavy (non-hydrogen) atoms. The number of benzene rings is 3. The maximum Gasteiger partial charge on any atom is 0.416 e. The summed E-state index contributed by atoms with van der Waals surface area (Å²) in [5.41, 5.74) is -2.70. The van der Waals surface area contributed by atoms with Gasteiger partial charge in [-0.15, -0.1) is 5.10 Å². The van der Waals surface area contributed by atoms with E-state index in [4.69, 9.17) is 4.74 Å². The number of hydrogen-bond donors (Lipinski definition) is 0. The smallest absolute Gasteiger partial charge is 0.416 e. The third-order valence-corrected chi connectivity index (χ3v) is 10.6. The summed E-state index contributed by atoms with van der Waals surface area (Å²) in [6.45, 7) is 1.73. The van der Waals surface area contributed by atoms with Crippen molar-refractivity contribution >= 4 is 17.6 Å². The molecule has 302 valence electrons. The fraction of sp³-hybridized carbons (Fsp3) is 0.487. The van der Waals surface area contributed by atoms with Crippen LogP contribution in [0, 0.1) is 18.8 Å². The molecule has 1 aliphatic carbocycles. The average molecular weight is 797 g/mol. The second-order valence-corrected chi connectivity index (χ2v) is 14.7. The predicted octanol–water partition coefficient (Wildman–Crippen LogP) is 9.86. The van der Waals surface area contributed by atoms with Crippen molar-refractivity contribution in [2.75, 3.05) is 22.9 Å². The first-order valence-electron chi connectivity index (χ1n) is 18.3.